The van der Waals surface area contributed by atoms with Gasteiger partial charge in [0.2, 0.25) is 0 Å². The van der Waals surface area contributed by atoms with Crippen LogP contribution in [0.3, 0.4) is 0 Å². The Labute approximate surface area is 98.8 Å². The molecule has 1 aliphatic rings. The molecule has 3 N–H and O–H groups in total. The van der Waals surface area contributed by atoms with Crippen molar-refractivity contribution in [3.63, 3.8) is 0 Å². The molecule has 4 unspecified atom stereocenters. The normalized spacial score (nSPS) is 33.4. The van der Waals surface area contributed by atoms with Gasteiger partial charge in [-0.05, 0) is 34.1 Å². The fourth-order valence-electron chi connectivity index (χ4n) is 2.45. The number of rotatable bonds is 4. The van der Waals surface area contributed by atoms with Crippen LogP contribution in [0.1, 0.15) is 34.1 Å². The Morgan fingerprint density at radius 1 is 1.44 bits per heavy atom. The van der Waals surface area contributed by atoms with Crippen molar-refractivity contribution in [1.29, 1.82) is 0 Å². The van der Waals surface area contributed by atoms with E-state index in [-0.39, 0.29) is 18.8 Å². The lowest BCUT2D eigenvalue weighted by Gasteiger charge is -2.41. The average Bonchev–Trinajstić information content (AvgIpc) is 2.15. The minimum absolute atomic E-state index is 0.0345. The van der Waals surface area contributed by atoms with Crippen molar-refractivity contribution >= 4 is 0 Å². The fourth-order valence-corrected chi connectivity index (χ4v) is 2.45. The summed E-state index contributed by atoms with van der Waals surface area (Å²) in [5.41, 5.74) is 5.50. The number of hydrogen-bond donors (Lipinski definition) is 2. The predicted octanol–water partition coefficient (Wildman–Crippen LogP) is 0.584. The zero-order valence-electron chi connectivity index (χ0n) is 10.9. The van der Waals surface area contributed by atoms with Gasteiger partial charge in [-0.3, -0.25) is 4.90 Å². The number of ether oxygens (including phenoxy) is 1. The number of aliphatic hydroxyl groups excluding tert-OH is 1. The molecule has 0 amide bonds. The van der Waals surface area contributed by atoms with Crippen LogP contribution in [0.5, 0.6) is 0 Å². The first-order chi connectivity index (χ1) is 7.34. The number of aliphatic hydroxyl groups is 1. The van der Waals surface area contributed by atoms with Gasteiger partial charge in [0.25, 0.3) is 0 Å². The molecular formula is C12H26N2O2. The highest BCUT2D eigenvalue weighted by Gasteiger charge is 2.29. The Morgan fingerprint density at radius 2 is 1.94 bits per heavy atom. The van der Waals surface area contributed by atoms with Crippen LogP contribution < -0.4 is 5.73 Å². The second-order valence-corrected chi connectivity index (χ2v) is 5.58. The molecule has 4 nitrogen and oxygen atoms in total. The Morgan fingerprint density at radius 3 is 2.38 bits per heavy atom. The molecule has 0 aromatic carbocycles. The summed E-state index contributed by atoms with van der Waals surface area (Å²) < 4.78 is 5.70. The van der Waals surface area contributed by atoms with Crippen LogP contribution in [0, 0.1) is 0 Å². The van der Waals surface area contributed by atoms with E-state index in [1.807, 2.05) is 6.92 Å². The van der Waals surface area contributed by atoms with E-state index in [9.17, 15) is 5.11 Å². The van der Waals surface area contributed by atoms with E-state index in [4.69, 9.17) is 10.5 Å². The molecular weight excluding hydrogens is 204 g/mol. The van der Waals surface area contributed by atoms with Crippen molar-refractivity contribution in [2.24, 2.45) is 5.73 Å². The van der Waals surface area contributed by atoms with Gasteiger partial charge >= 0.3 is 0 Å². The molecule has 1 heterocycles. The summed E-state index contributed by atoms with van der Waals surface area (Å²) in [4.78, 5) is 2.40. The van der Waals surface area contributed by atoms with E-state index in [2.05, 4.69) is 25.7 Å². The standard InChI is InChI=1S/C12H26N2O2/c1-9(5-12(4,13)8-15)14-6-10(2)16-11(3)7-14/h9-11,15H,5-8,13H2,1-4H3. The lowest BCUT2D eigenvalue weighted by molar-refractivity contribution is -0.0814. The van der Waals surface area contributed by atoms with Gasteiger partial charge < -0.3 is 15.6 Å². The van der Waals surface area contributed by atoms with Crippen molar-refractivity contribution < 1.29 is 9.84 Å². The topological polar surface area (TPSA) is 58.7 Å². The molecule has 1 fully saturated rings. The van der Waals surface area contributed by atoms with Gasteiger partial charge in [-0.15, -0.1) is 0 Å². The monoisotopic (exact) mass is 230 g/mol. The maximum Gasteiger partial charge on any atom is 0.0678 e. The largest absolute Gasteiger partial charge is 0.394 e. The Hall–Kier alpha value is -0.160. The van der Waals surface area contributed by atoms with Gasteiger partial charge in [0.15, 0.2) is 0 Å². The van der Waals surface area contributed by atoms with Crippen LogP contribution in [-0.4, -0.2) is 53.5 Å². The highest BCUT2D eigenvalue weighted by molar-refractivity contribution is 4.86. The van der Waals surface area contributed by atoms with E-state index < -0.39 is 5.54 Å². The molecule has 1 saturated heterocycles. The van der Waals surface area contributed by atoms with Crippen LogP contribution in [0.25, 0.3) is 0 Å². The smallest absolute Gasteiger partial charge is 0.0678 e. The van der Waals surface area contributed by atoms with E-state index in [1.165, 1.54) is 0 Å². The highest BCUT2D eigenvalue weighted by atomic mass is 16.5. The fraction of sp³-hybridized carbons (Fsp3) is 1.00. The number of morpholine rings is 1. The zero-order chi connectivity index (χ0) is 12.3. The summed E-state index contributed by atoms with van der Waals surface area (Å²) in [7, 11) is 0. The van der Waals surface area contributed by atoms with Gasteiger partial charge in [0.1, 0.15) is 0 Å². The summed E-state index contributed by atoms with van der Waals surface area (Å²) in [6, 6.07) is 0.385. The highest BCUT2D eigenvalue weighted by Crippen LogP contribution is 2.18. The Bertz CT molecular complexity index is 211. The molecule has 0 saturated carbocycles. The lowest BCUT2D eigenvalue weighted by Crippen LogP contribution is -2.53. The minimum Gasteiger partial charge on any atom is -0.394 e. The van der Waals surface area contributed by atoms with Crippen LogP contribution in [0.2, 0.25) is 0 Å². The van der Waals surface area contributed by atoms with E-state index in [1.54, 1.807) is 0 Å². The maximum absolute atomic E-state index is 9.18. The molecule has 0 aromatic rings. The quantitative estimate of drug-likeness (QED) is 0.742. The summed E-state index contributed by atoms with van der Waals surface area (Å²) >= 11 is 0. The van der Waals surface area contributed by atoms with Crippen molar-refractivity contribution in [2.75, 3.05) is 19.7 Å². The molecule has 0 bridgehead atoms. The van der Waals surface area contributed by atoms with Crippen molar-refractivity contribution in [3.8, 4) is 0 Å². The van der Waals surface area contributed by atoms with Crippen LogP contribution in [0.15, 0.2) is 0 Å². The van der Waals surface area contributed by atoms with Gasteiger partial charge in [-0.1, -0.05) is 0 Å². The van der Waals surface area contributed by atoms with Gasteiger partial charge in [0, 0.05) is 24.7 Å². The zero-order valence-corrected chi connectivity index (χ0v) is 10.9. The van der Waals surface area contributed by atoms with Crippen molar-refractivity contribution in [1.82, 2.24) is 4.90 Å². The predicted molar refractivity (Wildman–Crippen MR) is 65.3 cm³/mol. The number of hydrogen-bond acceptors (Lipinski definition) is 4. The van der Waals surface area contributed by atoms with Crippen LogP contribution in [-0.2, 0) is 4.74 Å². The summed E-state index contributed by atoms with van der Waals surface area (Å²) in [5.74, 6) is 0. The molecule has 0 spiro atoms. The second kappa shape index (κ2) is 5.45. The van der Waals surface area contributed by atoms with Gasteiger partial charge in [-0.2, -0.15) is 0 Å². The number of nitrogens with two attached hydrogens (primary N) is 1. The lowest BCUT2D eigenvalue weighted by atomic mass is 9.94. The molecule has 96 valence electrons. The molecule has 4 atom stereocenters. The first-order valence-corrected chi connectivity index (χ1v) is 6.13. The first-order valence-electron chi connectivity index (χ1n) is 6.13. The number of nitrogens with zero attached hydrogens (tertiary/aromatic N) is 1. The minimum atomic E-state index is -0.482. The summed E-state index contributed by atoms with van der Waals surface area (Å²) in [6.45, 7) is 10.2. The first kappa shape index (κ1) is 13.9. The third-order valence-corrected chi connectivity index (χ3v) is 3.19. The van der Waals surface area contributed by atoms with E-state index in [0.717, 1.165) is 19.5 Å². The summed E-state index contributed by atoms with van der Waals surface area (Å²) in [5, 5.41) is 9.18. The molecule has 0 aliphatic carbocycles. The SMILES string of the molecule is CC1CN(C(C)CC(C)(N)CO)CC(C)O1. The molecule has 1 aliphatic heterocycles. The van der Waals surface area contributed by atoms with E-state index in [0.29, 0.717) is 6.04 Å². The van der Waals surface area contributed by atoms with Crippen LogP contribution in [0.4, 0.5) is 0 Å². The molecule has 0 radical (unpaired) electrons. The maximum atomic E-state index is 9.18. The van der Waals surface area contributed by atoms with E-state index >= 15 is 0 Å². The van der Waals surface area contributed by atoms with Crippen molar-refractivity contribution in [3.05, 3.63) is 0 Å². The Balaban J connectivity index is 2.50. The van der Waals surface area contributed by atoms with Crippen LogP contribution >= 0.6 is 0 Å². The van der Waals surface area contributed by atoms with Crippen molar-refractivity contribution in [2.45, 2.75) is 57.9 Å². The molecule has 16 heavy (non-hydrogen) atoms. The Kier molecular flexibility index (Phi) is 4.73. The second-order valence-electron chi connectivity index (χ2n) is 5.58. The van der Waals surface area contributed by atoms with Gasteiger partial charge in [-0.25, -0.2) is 0 Å². The molecule has 0 aromatic heterocycles. The summed E-state index contributed by atoms with van der Waals surface area (Å²) in [6.07, 6.45) is 1.37. The molecule has 1 rings (SSSR count). The average molecular weight is 230 g/mol. The third kappa shape index (κ3) is 4.01. The third-order valence-electron chi connectivity index (χ3n) is 3.19. The molecule has 4 heteroatoms. The van der Waals surface area contributed by atoms with Gasteiger partial charge in [0.05, 0.1) is 18.8 Å².